The lowest BCUT2D eigenvalue weighted by Gasteiger charge is -2.16. The Morgan fingerprint density at radius 1 is 1.05 bits per heavy atom. The first kappa shape index (κ1) is 14.5. The zero-order valence-corrected chi connectivity index (χ0v) is 12.0. The van der Waals surface area contributed by atoms with Gasteiger partial charge in [-0.15, -0.1) is 0 Å². The Morgan fingerprint density at radius 2 is 1.70 bits per heavy atom. The first-order chi connectivity index (χ1) is 9.47. The first-order valence-corrected chi connectivity index (χ1v) is 6.61. The van der Waals surface area contributed by atoms with E-state index in [1.54, 1.807) is 12.1 Å². The summed E-state index contributed by atoms with van der Waals surface area (Å²) in [6.45, 7) is 5.81. The molecule has 2 aromatic carbocycles. The Kier molecular flexibility index (Phi) is 4.40. The Morgan fingerprint density at radius 3 is 2.45 bits per heavy atom. The number of halogens is 1. The molecule has 0 fully saturated rings. The van der Waals surface area contributed by atoms with Gasteiger partial charge in [0, 0.05) is 0 Å². The van der Waals surface area contributed by atoms with Gasteiger partial charge in [-0.05, 0) is 49.6 Å². The predicted molar refractivity (Wildman–Crippen MR) is 77.5 cm³/mol. The summed E-state index contributed by atoms with van der Waals surface area (Å²) in [7, 11) is 0. The number of hydrogen-bond donors (Lipinski definition) is 1. The molecule has 3 heteroatoms. The van der Waals surface area contributed by atoms with Gasteiger partial charge in [-0.3, -0.25) is 0 Å². The van der Waals surface area contributed by atoms with Gasteiger partial charge in [0.05, 0.1) is 0 Å². The van der Waals surface area contributed by atoms with Crippen molar-refractivity contribution in [3.8, 4) is 5.75 Å². The van der Waals surface area contributed by atoms with Crippen LogP contribution < -0.4 is 4.74 Å². The molecule has 20 heavy (non-hydrogen) atoms. The van der Waals surface area contributed by atoms with Gasteiger partial charge in [-0.2, -0.15) is 0 Å². The van der Waals surface area contributed by atoms with Crippen molar-refractivity contribution in [1.82, 2.24) is 0 Å². The molecule has 0 aliphatic heterocycles. The van der Waals surface area contributed by atoms with Crippen LogP contribution in [0.4, 0.5) is 4.39 Å². The van der Waals surface area contributed by atoms with E-state index in [1.165, 1.54) is 6.07 Å². The second-order valence-electron chi connectivity index (χ2n) is 5.12. The van der Waals surface area contributed by atoms with Crippen LogP contribution in [0, 0.1) is 26.6 Å². The number of hydrogen-bond acceptors (Lipinski definition) is 2. The number of aliphatic hydroxyl groups excluding tert-OH is 1. The molecule has 0 bridgehead atoms. The molecule has 1 unspecified atom stereocenters. The zero-order chi connectivity index (χ0) is 14.7. The number of aryl methyl sites for hydroxylation is 3. The average molecular weight is 274 g/mol. The summed E-state index contributed by atoms with van der Waals surface area (Å²) in [6.07, 6.45) is -0.769. The maximum atomic E-state index is 13.6. The van der Waals surface area contributed by atoms with Crippen LogP contribution in [0.2, 0.25) is 0 Å². The standard InChI is InChI=1S/C17H19FO2/c1-11-4-6-13(3)14(8-11)16(19)10-20-17-9-12(2)5-7-15(17)18/h4-9,16,19H,10H2,1-3H3. The van der Waals surface area contributed by atoms with Crippen LogP contribution in [0.5, 0.6) is 5.75 Å². The predicted octanol–water partition coefficient (Wildman–Crippen LogP) is 3.86. The summed E-state index contributed by atoms with van der Waals surface area (Å²) in [5, 5.41) is 10.2. The van der Waals surface area contributed by atoms with E-state index in [2.05, 4.69) is 0 Å². The fourth-order valence-electron chi connectivity index (χ4n) is 2.10. The number of aliphatic hydroxyl groups is 1. The van der Waals surface area contributed by atoms with Gasteiger partial charge >= 0.3 is 0 Å². The molecule has 2 nitrogen and oxygen atoms in total. The molecule has 1 N–H and O–H groups in total. The van der Waals surface area contributed by atoms with Crippen LogP contribution in [0.3, 0.4) is 0 Å². The van der Waals surface area contributed by atoms with Gasteiger partial charge in [-0.25, -0.2) is 4.39 Å². The molecule has 1 atom stereocenters. The second kappa shape index (κ2) is 6.06. The van der Waals surface area contributed by atoms with Crippen molar-refractivity contribution in [2.45, 2.75) is 26.9 Å². The van der Waals surface area contributed by atoms with Gasteiger partial charge in [0.1, 0.15) is 12.7 Å². The molecular formula is C17H19FO2. The average Bonchev–Trinajstić information content (AvgIpc) is 2.42. The minimum atomic E-state index is -0.769. The van der Waals surface area contributed by atoms with Gasteiger partial charge in [0.15, 0.2) is 11.6 Å². The molecule has 106 valence electrons. The summed E-state index contributed by atoms with van der Waals surface area (Å²) >= 11 is 0. The second-order valence-corrected chi connectivity index (χ2v) is 5.12. The smallest absolute Gasteiger partial charge is 0.165 e. The Hall–Kier alpha value is -1.87. The third-order valence-corrected chi connectivity index (χ3v) is 3.28. The van der Waals surface area contributed by atoms with E-state index in [1.807, 2.05) is 39.0 Å². The summed E-state index contributed by atoms with van der Waals surface area (Å²) < 4.78 is 19.0. The maximum absolute atomic E-state index is 13.6. The summed E-state index contributed by atoms with van der Waals surface area (Å²) in [5.74, 6) is -0.238. The van der Waals surface area contributed by atoms with Crippen molar-refractivity contribution in [3.05, 3.63) is 64.5 Å². The Bertz CT molecular complexity index is 608. The van der Waals surface area contributed by atoms with E-state index in [4.69, 9.17) is 4.74 Å². The van der Waals surface area contributed by atoms with E-state index >= 15 is 0 Å². The Labute approximate surface area is 118 Å². The summed E-state index contributed by atoms with van der Waals surface area (Å²) in [4.78, 5) is 0. The number of benzene rings is 2. The molecule has 0 amide bonds. The first-order valence-electron chi connectivity index (χ1n) is 6.61. The molecule has 2 aromatic rings. The fraction of sp³-hybridized carbons (Fsp3) is 0.294. The fourth-order valence-corrected chi connectivity index (χ4v) is 2.10. The van der Waals surface area contributed by atoms with Crippen molar-refractivity contribution in [2.24, 2.45) is 0 Å². The molecule has 0 heterocycles. The highest BCUT2D eigenvalue weighted by molar-refractivity contribution is 5.33. The lowest BCUT2D eigenvalue weighted by Crippen LogP contribution is -2.12. The monoisotopic (exact) mass is 274 g/mol. The summed E-state index contributed by atoms with van der Waals surface area (Å²) in [5.41, 5.74) is 3.81. The zero-order valence-electron chi connectivity index (χ0n) is 12.0. The van der Waals surface area contributed by atoms with E-state index in [9.17, 15) is 9.50 Å². The molecule has 0 aliphatic rings. The molecule has 0 saturated carbocycles. The van der Waals surface area contributed by atoms with Gasteiger partial charge in [0.25, 0.3) is 0 Å². The SMILES string of the molecule is Cc1ccc(F)c(OCC(O)c2cc(C)ccc2C)c1. The Balaban J connectivity index is 2.10. The normalized spacial score (nSPS) is 12.2. The van der Waals surface area contributed by atoms with Crippen LogP contribution in [0.25, 0.3) is 0 Å². The highest BCUT2D eigenvalue weighted by Gasteiger charge is 2.13. The van der Waals surface area contributed by atoms with Gasteiger partial charge in [-0.1, -0.05) is 29.8 Å². The van der Waals surface area contributed by atoms with Gasteiger partial charge in [0.2, 0.25) is 0 Å². The summed E-state index contributed by atoms with van der Waals surface area (Å²) in [6, 6.07) is 10.6. The van der Waals surface area contributed by atoms with E-state index < -0.39 is 11.9 Å². The van der Waals surface area contributed by atoms with Crippen LogP contribution in [-0.4, -0.2) is 11.7 Å². The maximum Gasteiger partial charge on any atom is 0.165 e. The van der Waals surface area contributed by atoms with Crippen molar-refractivity contribution >= 4 is 0 Å². The van der Waals surface area contributed by atoms with Crippen molar-refractivity contribution < 1.29 is 14.2 Å². The molecule has 0 aliphatic carbocycles. The van der Waals surface area contributed by atoms with Crippen molar-refractivity contribution in [3.63, 3.8) is 0 Å². The van der Waals surface area contributed by atoms with Gasteiger partial charge < -0.3 is 9.84 Å². The van der Waals surface area contributed by atoms with Crippen LogP contribution in [-0.2, 0) is 0 Å². The lowest BCUT2D eigenvalue weighted by atomic mass is 10.0. The third-order valence-electron chi connectivity index (χ3n) is 3.28. The highest BCUT2D eigenvalue weighted by Crippen LogP contribution is 2.23. The number of ether oxygens (including phenoxy) is 1. The lowest BCUT2D eigenvalue weighted by molar-refractivity contribution is 0.105. The topological polar surface area (TPSA) is 29.5 Å². The van der Waals surface area contributed by atoms with Crippen LogP contribution in [0.1, 0.15) is 28.4 Å². The minimum Gasteiger partial charge on any atom is -0.487 e. The number of rotatable bonds is 4. The van der Waals surface area contributed by atoms with Crippen molar-refractivity contribution in [1.29, 1.82) is 0 Å². The molecule has 0 radical (unpaired) electrons. The molecular weight excluding hydrogens is 255 g/mol. The molecule has 0 spiro atoms. The minimum absolute atomic E-state index is 0.0324. The molecule has 2 rings (SSSR count). The van der Waals surface area contributed by atoms with Crippen LogP contribution in [0.15, 0.2) is 36.4 Å². The highest BCUT2D eigenvalue weighted by atomic mass is 19.1. The van der Waals surface area contributed by atoms with E-state index in [0.29, 0.717) is 0 Å². The molecule has 0 saturated heterocycles. The van der Waals surface area contributed by atoms with E-state index in [0.717, 1.165) is 22.3 Å². The van der Waals surface area contributed by atoms with Crippen LogP contribution >= 0.6 is 0 Å². The largest absolute Gasteiger partial charge is 0.487 e. The third kappa shape index (κ3) is 3.36. The van der Waals surface area contributed by atoms with E-state index in [-0.39, 0.29) is 12.4 Å². The molecule has 0 aromatic heterocycles. The van der Waals surface area contributed by atoms with Crippen molar-refractivity contribution in [2.75, 3.05) is 6.61 Å². The quantitative estimate of drug-likeness (QED) is 0.917.